The second-order valence-electron chi connectivity index (χ2n) is 3.66. The van der Waals surface area contributed by atoms with Crippen molar-refractivity contribution in [2.75, 3.05) is 5.73 Å². The minimum Gasteiger partial charge on any atom is -0.382 e. The van der Waals surface area contributed by atoms with Gasteiger partial charge >= 0.3 is 0 Å². The Hall–Kier alpha value is -2.02. The number of benzene rings is 1. The average Bonchev–Trinajstić information content (AvgIpc) is 2.73. The number of rotatable bonds is 1. The molecule has 0 amide bonds. The normalized spacial score (nSPS) is 11.0. The van der Waals surface area contributed by atoms with E-state index in [-0.39, 0.29) is 11.6 Å². The summed E-state index contributed by atoms with van der Waals surface area (Å²) in [6.45, 7) is 0. The third-order valence-corrected chi connectivity index (χ3v) is 3.08. The highest BCUT2D eigenvalue weighted by atomic mass is 79.9. The predicted molar refractivity (Wildman–Crippen MR) is 69.2 cm³/mol. The van der Waals surface area contributed by atoms with Gasteiger partial charge in [-0.15, -0.1) is 0 Å². The molecule has 0 bridgehead atoms. The third-order valence-electron chi connectivity index (χ3n) is 2.47. The van der Waals surface area contributed by atoms with Crippen LogP contribution in [0.5, 0.6) is 0 Å². The molecule has 1 aromatic carbocycles. The molecule has 7 heteroatoms. The van der Waals surface area contributed by atoms with E-state index in [1.54, 1.807) is 6.07 Å². The maximum Gasteiger partial charge on any atom is 0.161 e. The first kappa shape index (κ1) is 11.1. The van der Waals surface area contributed by atoms with Gasteiger partial charge in [0.05, 0.1) is 15.5 Å². The van der Waals surface area contributed by atoms with Crippen molar-refractivity contribution in [1.82, 2.24) is 19.9 Å². The summed E-state index contributed by atoms with van der Waals surface area (Å²) in [6, 6.07) is 2.96. The van der Waals surface area contributed by atoms with Crippen LogP contribution in [-0.4, -0.2) is 19.9 Å². The van der Waals surface area contributed by atoms with E-state index in [4.69, 9.17) is 5.73 Å². The van der Waals surface area contributed by atoms with Gasteiger partial charge in [0.1, 0.15) is 11.5 Å². The molecule has 3 aromatic rings. The van der Waals surface area contributed by atoms with Crippen LogP contribution in [0.25, 0.3) is 22.6 Å². The smallest absolute Gasteiger partial charge is 0.161 e. The van der Waals surface area contributed by atoms with Crippen molar-refractivity contribution < 1.29 is 4.39 Å². The summed E-state index contributed by atoms with van der Waals surface area (Å²) in [6.07, 6.45) is 3.02. The first-order valence-corrected chi connectivity index (χ1v) is 5.86. The Morgan fingerprint density at radius 1 is 1.22 bits per heavy atom. The highest BCUT2D eigenvalue weighted by Gasteiger charge is 2.12. The molecule has 0 unspecified atom stereocenters. The molecule has 18 heavy (non-hydrogen) atoms. The molecule has 0 saturated carbocycles. The Bertz CT molecular complexity index is 700. The minimum absolute atomic E-state index is 0.274. The third kappa shape index (κ3) is 1.72. The van der Waals surface area contributed by atoms with Crippen molar-refractivity contribution in [1.29, 1.82) is 0 Å². The highest BCUT2D eigenvalue weighted by Crippen LogP contribution is 2.25. The SMILES string of the molecule is Nc1nccnc1-c1nc2cc(Br)c(F)cc2[nH]1. The lowest BCUT2D eigenvalue weighted by atomic mass is 10.3. The minimum atomic E-state index is -0.357. The van der Waals surface area contributed by atoms with E-state index in [0.29, 0.717) is 27.0 Å². The Morgan fingerprint density at radius 2 is 2.00 bits per heavy atom. The Kier molecular flexibility index (Phi) is 2.48. The summed E-state index contributed by atoms with van der Waals surface area (Å²) in [5.74, 6) is 0.383. The molecule has 2 aromatic heterocycles. The Balaban J connectivity index is 2.23. The van der Waals surface area contributed by atoms with Gasteiger partial charge in [0, 0.05) is 18.5 Å². The summed E-state index contributed by atoms with van der Waals surface area (Å²) in [4.78, 5) is 15.3. The van der Waals surface area contributed by atoms with Crippen LogP contribution in [-0.2, 0) is 0 Å². The molecule has 0 radical (unpaired) electrons. The maximum absolute atomic E-state index is 13.4. The number of hydrogen-bond acceptors (Lipinski definition) is 4. The van der Waals surface area contributed by atoms with Crippen molar-refractivity contribution in [3.8, 4) is 11.5 Å². The van der Waals surface area contributed by atoms with Crippen LogP contribution >= 0.6 is 15.9 Å². The topological polar surface area (TPSA) is 80.5 Å². The molecule has 0 fully saturated rings. The number of hydrogen-bond donors (Lipinski definition) is 2. The van der Waals surface area contributed by atoms with Crippen LogP contribution in [0.4, 0.5) is 10.2 Å². The molecular weight excluding hydrogens is 301 g/mol. The van der Waals surface area contributed by atoms with E-state index >= 15 is 0 Å². The van der Waals surface area contributed by atoms with E-state index in [9.17, 15) is 4.39 Å². The number of aromatic amines is 1. The molecule has 90 valence electrons. The molecule has 0 spiro atoms. The van der Waals surface area contributed by atoms with Gasteiger partial charge in [-0.3, -0.25) is 0 Å². The lowest BCUT2D eigenvalue weighted by Gasteiger charge is -1.97. The lowest BCUT2D eigenvalue weighted by Crippen LogP contribution is -1.96. The van der Waals surface area contributed by atoms with Gasteiger partial charge in [0.2, 0.25) is 0 Å². The fourth-order valence-corrected chi connectivity index (χ4v) is 1.98. The van der Waals surface area contributed by atoms with E-state index in [1.165, 1.54) is 18.5 Å². The second-order valence-corrected chi connectivity index (χ2v) is 4.51. The molecule has 0 saturated heterocycles. The number of nitrogens with two attached hydrogens (primary N) is 1. The van der Waals surface area contributed by atoms with Crippen LogP contribution in [0.1, 0.15) is 0 Å². The van der Waals surface area contributed by atoms with E-state index in [0.717, 1.165) is 0 Å². The molecule has 0 aliphatic carbocycles. The molecule has 0 aliphatic rings. The fraction of sp³-hybridized carbons (Fsp3) is 0. The standard InChI is InChI=1S/C11H7BrFN5/c12-5-3-7-8(4-6(5)13)18-11(17-7)9-10(14)16-2-1-15-9/h1-4H,(H2,14,16)(H,17,18). The van der Waals surface area contributed by atoms with Gasteiger partial charge in [0.15, 0.2) is 11.6 Å². The van der Waals surface area contributed by atoms with Crippen LogP contribution in [0.15, 0.2) is 29.0 Å². The van der Waals surface area contributed by atoms with Crippen molar-refractivity contribution in [3.05, 3.63) is 34.8 Å². The summed E-state index contributed by atoms with van der Waals surface area (Å²) >= 11 is 3.11. The summed E-state index contributed by atoms with van der Waals surface area (Å²) in [5.41, 5.74) is 7.37. The molecule has 0 atom stereocenters. The van der Waals surface area contributed by atoms with Gasteiger partial charge in [0.25, 0.3) is 0 Å². The summed E-state index contributed by atoms with van der Waals surface area (Å²) < 4.78 is 13.8. The van der Waals surface area contributed by atoms with E-state index in [2.05, 4.69) is 35.9 Å². The molecule has 5 nitrogen and oxygen atoms in total. The quantitative estimate of drug-likeness (QED) is 0.724. The molecular formula is C11H7BrFN5. The second kappa shape index (κ2) is 4.02. The average molecular weight is 308 g/mol. The zero-order chi connectivity index (χ0) is 12.7. The number of halogens is 2. The first-order valence-electron chi connectivity index (χ1n) is 5.07. The van der Waals surface area contributed by atoms with E-state index < -0.39 is 0 Å². The van der Waals surface area contributed by atoms with Crippen LogP contribution < -0.4 is 5.73 Å². The first-order chi connectivity index (χ1) is 8.65. The van der Waals surface area contributed by atoms with Crippen LogP contribution in [0.3, 0.4) is 0 Å². The van der Waals surface area contributed by atoms with Crippen molar-refractivity contribution in [2.45, 2.75) is 0 Å². The van der Waals surface area contributed by atoms with Crippen LogP contribution in [0, 0.1) is 5.82 Å². The van der Waals surface area contributed by atoms with Gasteiger partial charge in [-0.2, -0.15) is 0 Å². The van der Waals surface area contributed by atoms with Gasteiger partial charge in [-0.25, -0.2) is 19.3 Å². The predicted octanol–water partition coefficient (Wildman–Crippen LogP) is 2.50. The number of nitrogen functional groups attached to an aromatic ring is 1. The van der Waals surface area contributed by atoms with Crippen molar-refractivity contribution in [3.63, 3.8) is 0 Å². The Labute approximate surface area is 109 Å². The fourth-order valence-electron chi connectivity index (χ4n) is 1.65. The number of anilines is 1. The number of nitrogens with zero attached hydrogens (tertiary/aromatic N) is 3. The van der Waals surface area contributed by atoms with Crippen LogP contribution in [0.2, 0.25) is 0 Å². The summed E-state index contributed by atoms with van der Waals surface area (Å²) in [5, 5.41) is 0. The molecule has 3 rings (SSSR count). The molecule has 2 heterocycles. The van der Waals surface area contributed by atoms with Gasteiger partial charge in [-0.1, -0.05) is 0 Å². The van der Waals surface area contributed by atoms with Crippen molar-refractivity contribution in [2.24, 2.45) is 0 Å². The number of H-pyrrole nitrogens is 1. The lowest BCUT2D eigenvalue weighted by molar-refractivity contribution is 0.623. The largest absolute Gasteiger partial charge is 0.382 e. The number of fused-ring (bicyclic) bond motifs is 1. The number of aromatic nitrogens is 4. The monoisotopic (exact) mass is 307 g/mol. The summed E-state index contributed by atoms with van der Waals surface area (Å²) in [7, 11) is 0. The zero-order valence-electron chi connectivity index (χ0n) is 8.98. The zero-order valence-corrected chi connectivity index (χ0v) is 10.6. The Morgan fingerprint density at radius 3 is 2.78 bits per heavy atom. The van der Waals surface area contributed by atoms with E-state index in [1.807, 2.05) is 0 Å². The molecule has 3 N–H and O–H groups in total. The number of nitrogens with one attached hydrogen (secondary N) is 1. The van der Waals surface area contributed by atoms with Gasteiger partial charge < -0.3 is 10.7 Å². The highest BCUT2D eigenvalue weighted by molar-refractivity contribution is 9.10. The van der Waals surface area contributed by atoms with Crippen molar-refractivity contribution >= 4 is 32.8 Å². The maximum atomic E-state index is 13.4. The molecule has 0 aliphatic heterocycles. The van der Waals surface area contributed by atoms with Gasteiger partial charge in [-0.05, 0) is 22.0 Å². The number of imidazole rings is 1.